The van der Waals surface area contributed by atoms with Gasteiger partial charge in [-0.15, -0.1) is 0 Å². The van der Waals surface area contributed by atoms with Gasteiger partial charge in [-0.1, -0.05) is 44.2 Å². The van der Waals surface area contributed by atoms with Crippen molar-refractivity contribution in [3.8, 4) is 0 Å². The molecule has 0 spiro atoms. The maximum atomic E-state index is 5.61. The molecule has 1 unspecified atom stereocenters. The Morgan fingerprint density at radius 3 is 2.48 bits per heavy atom. The largest absolute Gasteiger partial charge is 0.467 e. The minimum absolute atomic E-state index is 0.126. The minimum atomic E-state index is 0.126. The van der Waals surface area contributed by atoms with Gasteiger partial charge >= 0.3 is 0 Å². The van der Waals surface area contributed by atoms with E-state index in [4.69, 9.17) is 4.42 Å². The molecule has 21 heavy (non-hydrogen) atoms. The van der Waals surface area contributed by atoms with Crippen LogP contribution in [-0.2, 0) is 0 Å². The Morgan fingerprint density at radius 2 is 1.86 bits per heavy atom. The Morgan fingerprint density at radius 1 is 1.05 bits per heavy atom. The van der Waals surface area contributed by atoms with Gasteiger partial charge in [0.05, 0.1) is 12.3 Å². The topological polar surface area (TPSA) is 28.4 Å². The Bertz CT molecular complexity index is 481. The number of likely N-dealkylation sites (N-methyl/N-ethyl adjacent to an activating group) is 1. The van der Waals surface area contributed by atoms with Crippen molar-refractivity contribution in [3.05, 3.63) is 60.1 Å². The molecule has 3 nitrogen and oxygen atoms in total. The lowest BCUT2D eigenvalue weighted by molar-refractivity contribution is 0.282. The molecular weight excluding hydrogens is 260 g/mol. The monoisotopic (exact) mass is 286 g/mol. The number of nitrogens with one attached hydrogen (secondary N) is 1. The quantitative estimate of drug-likeness (QED) is 0.762. The number of benzene rings is 1. The second kappa shape index (κ2) is 8.65. The van der Waals surface area contributed by atoms with Crippen LogP contribution in [0.15, 0.2) is 53.1 Å². The number of furan rings is 1. The molecular formula is C18H26N2O. The molecule has 0 aliphatic carbocycles. The van der Waals surface area contributed by atoms with Crippen molar-refractivity contribution >= 4 is 0 Å². The average Bonchev–Trinajstić information content (AvgIpc) is 3.05. The first kappa shape index (κ1) is 15.8. The van der Waals surface area contributed by atoms with Crippen LogP contribution in [0, 0.1) is 0 Å². The van der Waals surface area contributed by atoms with E-state index in [-0.39, 0.29) is 6.04 Å². The molecule has 0 aliphatic heterocycles. The van der Waals surface area contributed by atoms with Gasteiger partial charge in [0.2, 0.25) is 0 Å². The molecule has 1 aromatic heterocycles. The third-order valence-corrected chi connectivity index (χ3v) is 3.72. The van der Waals surface area contributed by atoms with E-state index < -0.39 is 0 Å². The van der Waals surface area contributed by atoms with E-state index >= 15 is 0 Å². The SMILES string of the molecule is CCCN(CC)CCNC(c1ccccc1)c1ccco1. The van der Waals surface area contributed by atoms with E-state index in [1.807, 2.05) is 18.2 Å². The van der Waals surface area contributed by atoms with Gasteiger partial charge in [-0.25, -0.2) is 0 Å². The lowest BCUT2D eigenvalue weighted by atomic mass is 10.0. The fourth-order valence-electron chi connectivity index (χ4n) is 2.59. The fraction of sp³-hybridized carbons (Fsp3) is 0.444. The molecule has 3 heteroatoms. The minimum Gasteiger partial charge on any atom is -0.467 e. The summed E-state index contributed by atoms with van der Waals surface area (Å²) in [7, 11) is 0. The van der Waals surface area contributed by atoms with Gasteiger partial charge in [-0.2, -0.15) is 0 Å². The fourth-order valence-corrected chi connectivity index (χ4v) is 2.59. The molecule has 0 fully saturated rings. The van der Waals surface area contributed by atoms with Gasteiger partial charge in [0, 0.05) is 13.1 Å². The van der Waals surface area contributed by atoms with Crippen LogP contribution < -0.4 is 5.32 Å². The zero-order chi connectivity index (χ0) is 14.9. The smallest absolute Gasteiger partial charge is 0.125 e. The van der Waals surface area contributed by atoms with Crippen LogP contribution in [0.1, 0.15) is 37.6 Å². The molecule has 2 aromatic rings. The van der Waals surface area contributed by atoms with Gasteiger partial charge in [0.1, 0.15) is 5.76 Å². The highest BCUT2D eigenvalue weighted by molar-refractivity contribution is 5.26. The third kappa shape index (κ3) is 4.73. The average molecular weight is 286 g/mol. The maximum Gasteiger partial charge on any atom is 0.125 e. The molecule has 0 bridgehead atoms. The summed E-state index contributed by atoms with van der Waals surface area (Å²) < 4.78 is 5.61. The molecule has 114 valence electrons. The Kier molecular flexibility index (Phi) is 6.51. The molecule has 0 saturated carbocycles. The summed E-state index contributed by atoms with van der Waals surface area (Å²) in [6.45, 7) is 8.73. The normalized spacial score (nSPS) is 12.7. The van der Waals surface area contributed by atoms with Crippen molar-refractivity contribution in [3.63, 3.8) is 0 Å². The van der Waals surface area contributed by atoms with Gasteiger partial charge in [0.25, 0.3) is 0 Å². The van der Waals surface area contributed by atoms with Gasteiger partial charge in [-0.3, -0.25) is 0 Å². The predicted octanol–water partition coefficient (Wildman–Crippen LogP) is 3.69. The number of nitrogens with zero attached hydrogens (tertiary/aromatic N) is 1. The summed E-state index contributed by atoms with van der Waals surface area (Å²) in [5.41, 5.74) is 1.24. The zero-order valence-corrected chi connectivity index (χ0v) is 13.1. The standard InChI is InChI=1S/C18H26N2O/c1-3-13-20(4-2)14-12-19-18(17-11-8-15-21-17)16-9-6-5-7-10-16/h5-11,15,18-19H,3-4,12-14H2,1-2H3. The Balaban J connectivity index is 1.98. The third-order valence-electron chi connectivity index (χ3n) is 3.72. The summed E-state index contributed by atoms with van der Waals surface area (Å²) in [6, 6.07) is 14.6. The van der Waals surface area contributed by atoms with Gasteiger partial charge in [-0.05, 0) is 37.2 Å². The predicted molar refractivity (Wildman–Crippen MR) is 87.4 cm³/mol. The number of rotatable bonds is 9. The second-order valence-electron chi connectivity index (χ2n) is 5.25. The van der Waals surface area contributed by atoms with Crippen molar-refractivity contribution < 1.29 is 4.42 Å². The molecule has 0 amide bonds. The summed E-state index contributed by atoms with van der Waals surface area (Å²) in [5.74, 6) is 0.972. The summed E-state index contributed by atoms with van der Waals surface area (Å²) in [6.07, 6.45) is 2.94. The highest BCUT2D eigenvalue weighted by atomic mass is 16.3. The van der Waals surface area contributed by atoms with Crippen molar-refractivity contribution in [1.82, 2.24) is 10.2 Å². The van der Waals surface area contributed by atoms with Gasteiger partial charge in [0.15, 0.2) is 0 Å². The van der Waals surface area contributed by atoms with Crippen molar-refractivity contribution in [2.45, 2.75) is 26.3 Å². The molecule has 0 saturated heterocycles. The van der Waals surface area contributed by atoms with Crippen molar-refractivity contribution in [2.24, 2.45) is 0 Å². The first-order valence-corrected chi connectivity index (χ1v) is 7.89. The first-order valence-electron chi connectivity index (χ1n) is 7.89. The summed E-state index contributed by atoms with van der Waals surface area (Å²) in [4.78, 5) is 2.47. The highest BCUT2D eigenvalue weighted by Gasteiger charge is 2.16. The zero-order valence-electron chi connectivity index (χ0n) is 13.1. The lowest BCUT2D eigenvalue weighted by Crippen LogP contribution is -2.34. The molecule has 1 heterocycles. The number of hydrogen-bond acceptors (Lipinski definition) is 3. The molecule has 1 atom stereocenters. The number of hydrogen-bond donors (Lipinski definition) is 1. The second-order valence-corrected chi connectivity index (χ2v) is 5.25. The van der Waals surface area contributed by atoms with Crippen LogP contribution in [-0.4, -0.2) is 31.1 Å². The molecule has 1 aromatic carbocycles. The Hall–Kier alpha value is -1.58. The van der Waals surface area contributed by atoms with Crippen molar-refractivity contribution in [2.75, 3.05) is 26.2 Å². The van der Waals surface area contributed by atoms with Crippen LogP contribution in [0.4, 0.5) is 0 Å². The van der Waals surface area contributed by atoms with E-state index in [0.717, 1.165) is 31.9 Å². The maximum absolute atomic E-state index is 5.61. The lowest BCUT2D eigenvalue weighted by Gasteiger charge is -2.22. The first-order chi connectivity index (χ1) is 10.3. The van der Waals surface area contributed by atoms with E-state index in [1.165, 1.54) is 12.0 Å². The summed E-state index contributed by atoms with van der Waals surface area (Å²) >= 11 is 0. The molecule has 0 aliphatic rings. The van der Waals surface area contributed by atoms with E-state index in [9.17, 15) is 0 Å². The van der Waals surface area contributed by atoms with E-state index in [0.29, 0.717) is 0 Å². The van der Waals surface area contributed by atoms with Crippen LogP contribution >= 0.6 is 0 Å². The molecule has 1 N–H and O–H groups in total. The van der Waals surface area contributed by atoms with Crippen LogP contribution in [0.3, 0.4) is 0 Å². The highest BCUT2D eigenvalue weighted by Crippen LogP contribution is 2.21. The van der Waals surface area contributed by atoms with Crippen LogP contribution in [0.5, 0.6) is 0 Å². The van der Waals surface area contributed by atoms with Gasteiger partial charge < -0.3 is 14.6 Å². The van der Waals surface area contributed by atoms with Crippen LogP contribution in [0.2, 0.25) is 0 Å². The Labute approximate surface area is 128 Å². The van der Waals surface area contributed by atoms with E-state index in [1.54, 1.807) is 6.26 Å². The molecule has 0 radical (unpaired) electrons. The molecule has 2 rings (SSSR count). The summed E-state index contributed by atoms with van der Waals surface area (Å²) in [5, 5.41) is 3.63. The van der Waals surface area contributed by atoms with Crippen molar-refractivity contribution in [1.29, 1.82) is 0 Å². The van der Waals surface area contributed by atoms with Crippen LogP contribution in [0.25, 0.3) is 0 Å². The van der Waals surface area contributed by atoms with E-state index in [2.05, 4.69) is 48.3 Å².